The van der Waals surface area contributed by atoms with Crippen molar-refractivity contribution >= 4 is 23.4 Å². The van der Waals surface area contributed by atoms with Crippen molar-refractivity contribution in [3.05, 3.63) is 95.1 Å². The van der Waals surface area contributed by atoms with E-state index in [0.29, 0.717) is 23.6 Å². The monoisotopic (exact) mass is 607 g/mol. The number of amides is 2. The number of hydrogen-bond acceptors (Lipinski definition) is 6. The van der Waals surface area contributed by atoms with E-state index in [-0.39, 0.29) is 35.7 Å². The molecule has 1 saturated carbocycles. The van der Waals surface area contributed by atoms with Crippen LogP contribution in [0.5, 0.6) is 0 Å². The number of hydrazine groups is 1. The Morgan fingerprint density at radius 2 is 1.62 bits per heavy atom. The lowest BCUT2D eigenvalue weighted by atomic mass is 9.79. The molecule has 0 aromatic heterocycles. The van der Waals surface area contributed by atoms with E-state index in [2.05, 4.69) is 87.0 Å². The Morgan fingerprint density at radius 1 is 1.02 bits per heavy atom. The molecule has 3 aromatic carbocycles. The van der Waals surface area contributed by atoms with Gasteiger partial charge in [-0.1, -0.05) is 93.9 Å². The predicted molar refractivity (Wildman–Crippen MR) is 180 cm³/mol. The summed E-state index contributed by atoms with van der Waals surface area (Å²) in [7, 11) is 0. The van der Waals surface area contributed by atoms with Crippen LogP contribution in [0.3, 0.4) is 0 Å². The number of carbonyl (C=O) groups excluding carboxylic acids is 2. The molecule has 0 radical (unpaired) electrons. The zero-order valence-electron chi connectivity index (χ0n) is 26.9. The zero-order valence-corrected chi connectivity index (χ0v) is 26.9. The van der Waals surface area contributed by atoms with Gasteiger partial charge in [-0.25, -0.2) is 11.4 Å². The van der Waals surface area contributed by atoms with Gasteiger partial charge in [0.1, 0.15) is 17.2 Å². The summed E-state index contributed by atoms with van der Waals surface area (Å²) < 4.78 is 0. The largest absolute Gasteiger partial charge is 0.384 e. The maximum Gasteiger partial charge on any atom is 0.275 e. The Morgan fingerprint density at radius 3 is 2.18 bits per heavy atom. The van der Waals surface area contributed by atoms with Gasteiger partial charge in [-0.2, -0.15) is 5.10 Å². The molecule has 9 nitrogen and oxygen atoms in total. The Hall–Kier alpha value is -4.50. The fourth-order valence-corrected chi connectivity index (χ4v) is 6.68. The third-order valence-corrected chi connectivity index (χ3v) is 9.32. The van der Waals surface area contributed by atoms with Gasteiger partial charge in [-0.3, -0.25) is 14.6 Å². The Balaban J connectivity index is 1.44. The maximum absolute atomic E-state index is 14.5. The number of aliphatic imine (C=N–C) groups is 1. The van der Waals surface area contributed by atoms with Gasteiger partial charge >= 0.3 is 0 Å². The minimum atomic E-state index is -0.607. The summed E-state index contributed by atoms with van der Waals surface area (Å²) in [6.07, 6.45) is 3.37. The molecule has 1 aliphatic heterocycles. The van der Waals surface area contributed by atoms with E-state index >= 15 is 0 Å². The van der Waals surface area contributed by atoms with Gasteiger partial charge < -0.3 is 16.0 Å². The van der Waals surface area contributed by atoms with Crippen molar-refractivity contribution in [2.75, 3.05) is 6.54 Å². The molecule has 1 fully saturated rings. The number of carbonyl (C=O) groups is 2. The van der Waals surface area contributed by atoms with E-state index < -0.39 is 5.66 Å². The van der Waals surface area contributed by atoms with Crippen LogP contribution >= 0.6 is 0 Å². The van der Waals surface area contributed by atoms with Crippen molar-refractivity contribution < 1.29 is 9.59 Å². The van der Waals surface area contributed by atoms with Crippen LogP contribution in [0.15, 0.2) is 82.9 Å². The van der Waals surface area contributed by atoms with E-state index in [1.165, 1.54) is 5.56 Å². The molecule has 3 aromatic rings. The Bertz CT molecular complexity index is 1590. The molecule has 1 spiro atoms. The molecule has 0 saturated heterocycles. The minimum absolute atomic E-state index is 0.0374. The molecule has 0 bridgehead atoms. The summed E-state index contributed by atoms with van der Waals surface area (Å²) in [5.74, 6) is 5.43. The van der Waals surface area contributed by atoms with Gasteiger partial charge in [0.2, 0.25) is 0 Å². The van der Waals surface area contributed by atoms with Crippen LogP contribution in [-0.2, 0) is 4.79 Å². The number of benzene rings is 3. The van der Waals surface area contributed by atoms with Gasteiger partial charge in [0.15, 0.2) is 0 Å². The average Bonchev–Trinajstić information content (AvgIpc) is 3.58. The highest BCUT2D eigenvalue weighted by atomic mass is 16.2. The number of hydrogen-bond donors (Lipinski definition) is 4. The van der Waals surface area contributed by atoms with Crippen LogP contribution in [0.25, 0.3) is 11.1 Å². The number of rotatable bonds is 9. The normalized spacial score (nSPS) is 20.8. The number of nitrogens with two attached hydrogens (primary N) is 2. The third kappa shape index (κ3) is 6.63. The zero-order chi connectivity index (χ0) is 32.4. The van der Waals surface area contributed by atoms with Crippen LogP contribution in [0.1, 0.15) is 86.5 Å². The summed E-state index contributed by atoms with van der Waals surface area (Å²) in [5.41, 5.74) is 13.6. The number of nitrogens with zero attached hydrogens (tertiary/aromatic N) is 3. The van der Waals surface area contributed by atoms with E-state index in [9.17, 15) is 9.59 Å². The Labute approximate surface area is 266 Å². The van der Waals surface area contributed by atoms with Gasteiger partial charge in [-0.05, 0) is 72.8 Å². The minimum Gasteiger partial charge on any atom is -0.384 e. The van der Waals surface area contributed by atoms with Gasteiger partial charge in [-0.15, -0.1) is 0 Å². The SMILES string of the molecule is CC[C@H](c1ccc(C(=O)NC/C(N)=N/NN)cc1)N1C(=O)C(c2ccc(-c3ccc(C)cc3)cc2)=NC12CCC(C(C)(C)C)C2. The van der Waals surface area contributed by atoms with Crippen LogP contribution < -0.4 is 22.4 Å². The lowest BCUT2D eigenvalue weighted by Gasteiger charge is -2.40. The van der Waals surface area contributed by atoms with Crippen LogP contribution in [0.4, 0.5) is 0 Å². The first-order chi connectivity index (χ1) is 21.5. The maximum atomic E-state index is 14.5. The Kier molecular flexibility index (Phi) is 9.11. The van der Waals surface area contributed by atoms with Crippen molar-refractivity contribution in [3.63, 3.8) is 0 Å². The molecule has 9 heteroatoms. The molecule has 5 rings (SSSR count). The smallest absolute Gasteiger partial charge is 0.275 e. The highest BCUT2D eigenvalue weighted by Crippen LogP contribution is 2.52. The predicted octanol–water partition coefficient (Wildman–Crippen LogP) is 5.45. The van der Waals surface area contributed by atoms with Crippen molar-refractivity contribution in [3.8, 4) is 11.1 Å². The molecule has 1 heterocycles. The van der Waals surface area contributed by atoms with Crippen LogP contribution in [0.2, 0.25) is 0 Å². The second-order valence-electron chi connectivity index (χ2n) is 13.3. The van der Waals surface area contributed by atoms with E-state index in [4.69, 9.17) is 16.6 Å². The number of aryl methyl sites for hydroxylation is 1. The van der Waals surface area contributed by atoms with Gasteiger partial charge in [0, 0.05) is 11.1 Å². The summed E-state index contributed by atoms with van der Waals surface area (Å²) in [6.45, 7) is 11.1. The van der Waals surface area contributed by atoms with Crippen molar-refractivity contribution in [2.45, 2.75) is 72.0 Å². The highest BCUT2D eigenvalue weighted by molar-refractivity contribution is 6.46. The topological polar surface area (TPSA) is 138 Å². The van der Waals surface area contributed by atoms with E-state index in [0.717, 1.165) is 41.5 Å². The van der Waals surface area contributed by atoms with Crippen LogP contribution in [0, 0.1) is 18.3 Å². The molecule has 2 aliphatic rings. The second kappa shape index (κ2) is 12.9. The molecule has 2 unspecified atom stereocenters. The summed E-state index contributed by atoms with van der Waals surface area (Å²) in [4.78, 5) is 34.5. The first kappa shape index (κ1) is 31.9. The van der Waals surface area contributed by atoms with Crippen LogP contribution in [-0.4, -0.2) is 40.5 Å². The lowest BCUT2D eigenvalue weighted by Crippen LogP contribution is -2.47. The molecule has 236 valence electrons. The average molecular weight is 608 g/mol. The highest BCUT2D eigenvalue weighted by Gasteiger charge is 2.55. The fourth-order valence-electron chi connectivity index (χ4n) is 6.68. The van der Waals surface area contributed by atoms with Gasteiger partial charge in [0.25, 0.3) is 11.8 Å². The molecule has 2 amide bonds. The molecule has 6 N–H and O–H groups in total. The molecule has 45 heavy (non-hydrogen) atoms. The summed E-state index contributed by atoms with van der Waals surface area (Å²) in [5, 5.41) is 6.39. The second-order valence-corrected chi connectivity index (χ2v) is 13.3. The summed E-state index contributed by atoms with van der Waals surface area (Å²) >= 11 is 0. The van der Waals surface area contributed by atoms with Crippen molar-refractivity contribution in [1.82, 2.24) is 15.8 Å². The molecular weight excluding hydrogens is 562 g/mol. The third-order valence-electron chi connectivity index (χ3n) is 9.32. The molecule has 1 aliphatic carbocycles. The molecular formula is C36H45N7O2. The number of hydrazone groups is 1. The van der Waals surface area contributed by atoms with Crippen molar-refractivity contribution in [1.29, 1.82) is 0 Å². The first-order valence-electron chi connectivity index (χ1n) is 15.7. The molecule has 3 atom stereocenters. The standard InChI is InChI=1S/C36H45N7O2/c1-6-30(26-13-17-28(18-14-26)33(44)39-22-31(37)41-42-38)43-34(45)32(40-36(43)20-19-29(21-36)35(3,4)5)27-15-11-25(12-16-27)24-9-7-23(2)8-10-24/h7-18,29-30,42H,6,19-22,38H2,1-5H3,(H2,37,41)(H,39,44)/t29?,30-,36?/m1/s1. The van der Waals surface area contributed by atoms with E-state index in [1.54, 1.807) is 12.1 Å². The number of amidine groups is 1. The summed E-state index contributed by atoms with van der Waals surface area (Å²) in [6, 6.07) is 23.9. The quantitative estimate of drug-likeness (QED) is 0.111. The van der Waals surface area contributed by atoms with Gasteiger partial charge in [0.05, 0.1) is 12.6 Å². The fraction of sp³-hybridized carbons (Fsp3) is 0.389. The van der Waals surface area contributed by atoms with E-state index in [1.807, 2.05) is 29.2 Å². The number of nitrogens with one attached hydrogen (secondary N) is 2. The lowest BCUT2D eigenvalue weighted by molar-refractivity contribution is -0.131. The van der Waals surface area contributed by atoms with Crippen molar-refractivity contribution in [2.24, 2.45) is 33.0 Å². The first-order valence-corrected chi connectivity index (χ1v) is 15.7.